The highest BCUT2D eigenvalue weighted by atomic mass is 32.2. The molecule has 124 valence electrons. The number of rotatable bonds is 6. The molecule has 0 aliphatic heterocycles. The summed E-state index contributed by atoms with van der Waals surface area (Å²) in [6, 6.07) is 4.21. The summed E-state index contributed by atoms with van der Waals surface area (Å²) >= 11 is 0. The van der Waals surface area contributed by atoms with Gasteiger partial charge in [0.2, 0.25) is 0 Å². The smallest absolute Gasteiger partial charge is 0.251 e. The van der Waals surface area contributed by atoms with E-state index in [0.29, 0.717) is 17.7 Å². The number of hydrogen-bond donors (Lipinski definition) is 1. The van der Waals surface area contributed by atoms with Crippen molar-refractivity contribution in [2.45, 2.75) is 18.7 Å². The maximum Gasteiger partial charge on any atom is 0.251 e. The highest BCUT2D eigenvalue weighted by Gasteiger charge is 2.16. The van der Waals surface area contributed by atoms with Gasteiger partial charge in [-0.2, -0.15) is 0 Å². The molecule has 1 N–H and O–H groups in total. The van der Waals surface area contributed by atoms with Gasteiger partial charge in [-0.25, -0.2) is 12.8 Å². The third-order valence-electron chi connectivity index (χ3n) is 3.07. The molecule has 0 aliphatic rings. The fourth-order valence-electron chi connectivity index (χ4n) is 1.84. The second-order valence-electron chi connectivity index (χ2n) is 4.87. The molecule has 0 saturated heterocycles. The number of halogens is 1. The normalized spacial score (nSPS) is 12.4. The first-order valence-corrected chi connectivity index (χ1v) is 8.91. The van der Waals surface area contributed by atoms with Gasteiger partial charge in [0.1, 0.15) is 5.83 Å². The Hall–Kier alpha value is -2.21. The summed E-state index contributed by atoms with van der Waals surface area (Å²) in [5, 5.41) is 2.63. The van der Waals surface area contributed by atoms with E-state index in [-0.39, 0.29) is 10.5 Å². The summed E-state index contributed by atoms with van der Waals surface area (Å²) in [6.07, 6.45) is 5.03. The van der Waals surface area contributed by atoms with Gasteiger partial charge < -0.3 is 5.32 Å². The van der Waals surface area contributed by atoms with E-state index < -0.39 is 21.6 Å². The molecule has 0 radical (unpaired) electrons. The van der Waals surface area contributed by atoms with Crippen LogP contribution in [0.4, 0.5) is 4.39 Å². The number of hydrogen-bond acceptors (Lipinski definition) is 3. The monoisotopic (exact) mass is 337 g/mol. The summed E-state index contributed by atoms with van der Waals surface area (Å²) in [4.78, 5) is 12.2. The largest absolute Gasteiger partial charge is 0.352 e. The second kappa shape index (κ2) is 7.87. The van der Waals surface area contributed by atoms with Gasteiger partial charge in [-0.3, -0.25) is 4.79 Å². The Kier molecular flexibility index (Phi) is 6.45. The van der Waals surface area contributed by atoms with Crippen LogP contribution in [0.5, 0.6) is 0 Å². The van der Waals surface area contributed by atoms with Crippen molar-refractivity contribution >= 4 is 21.3 Å². The van der Waals surface area contributed by atoms with Crippen molar-refractivity contribution in [2.75, 3.05) is 12.8 Å². The Balaban J connectivity index is 3.39. The van der Waals surface area contributed by atoms with E-state index in [4.69, 9.17) is 0 Å². The molecule has 1 aromatic rings. The molecule has 0 unspecified atom stereocenters. The minimum atomic E-state index is -3.44. The molecular weight excluding hydrogens is 317 g/mol. The number of benzene rings is 1. The van der Waals surface area contributed by atoms with Gasteiger partial charge >= 0.3 is 0 Å². The Morgan fingerprint density at radius 3 is 2.48 bits per heavy atom. The highest BCUT2D eigenvalue weighted by Crippen LogP contribution is 2.23. The zero-order valence-corrected chi connectivity index (χ0v) is 14.2. The maximum absolute atomic E-state index is 13.2. The number of sulfone groups is 1. The van der Waals surface area contributed by atoms with Crippen molar-refractivity contribution in [3.63, 3.8) is 0 Å². The van der Waals surface area contributed by atoms with Gasteiger partial charge in [-0.15, -0.1) is 0 Å². The van der Waals surface area contributed by atoms with E-state index in [1.807, 2.05) is 0 Å². The van der Waals surface area contributed by atoms with Crippen molar-refractivity contribution < 1.29 is 17.6 Å². The Morgan fingerprint density at radius 1 is 1.30 bits per heavy atom. The van der Waals surface area contributed by atoms with Gasteiger partial charge in [0, 0.05) is 18.4 Å². The number of amides is 1. The van der Waals surface area contributed by atoms with Crippen LogP contribution in [0.3, 0.4) is 0 Å². The molecule has 0 bridgehead atoms. The van der Waals surface area contributed by atoms with E-state index in [0.717, 1.165) is 6.26 Å². The highest BCUT2D eigenvalue weighted by molar-refractivity contribution is 7.90. The fraction of sp³-hybridized carbons (Fsp3) is 0.235. The number of nitrogens with one attached hydrogen (secondary N) is 1. The second-order valence-corrected chi connectivity index (χ2v) is 6.89. The molecule has 4 nitrogen and oxygen atoms in total. The quantitative estimate of drug-likeness (QED) is 0.810. The van der Waals surface area contributed by atoms with Crippen LogP contribution in [0.1, 0.15) is 29.8 Å². The predicted octanol–water partition coefficient (Wildman–Crippen LogP) is 3.28. The van der Waals surface area contributed by atoms with E-state index in [2.05, 4.69) is 11.9 Å². The molecule has 1 amide bonds. The molecular formula is C17H20FNO3S. The first kappa shape index (κ1) is 18.8. The minimum Gasteiger partial charge on any atom is -0.352 e. The molecule has 0 heterocycles. The minimum absolute atomic E-state index is 0.0407. The van der Waals surface area contributed by atoms with E-state index in [9.17, 15) is 17.6 Å². The van der Waals surface area contributed by atoms with Gasteiger partial charge in [-0.1, -0.05) is 24.8 Å². The number of carbonyl (C=O) groups excluding carboxylic acids is 1. The molecule has 0 aliphatic carbocycles. The molecule has 6 heteroatoms. The molecule has 0 spiro atoms. The SMILES string of the molecule is C=C(/C=C\C(F)=C/C)c1ccc(S(C)(=O)=O)cc1C(=O)NCC. The van der Waals surface area contributed by atoms with Crippen LogP contribution in [0.25, 0.3) is 5.57 Å². The first-order chi connectivity index (χ1) is 10.7. The topological polar surface area (TPSA) is 63.2 Å². The molecule has 1 aromatic carbocycles. The lowest BCUT2D eigenvalue weighted by Gasteiger charge is -2.11. The van der Waals surface area contributed by atoms with E-state index >= 15 is 0 Å². The number of carbonyl (C=O) groups is 1. The number of allylic oxidation sites excluding steroid dienone is 5. The first-order valence-electron chi connectivity index (χ1n) is 7.02. The van der Waals surface area contributed by atoms with Crippen LogP contribution < -0.4 is 5.32 Å². The van der Waals surface area contributed by atoms with Crippen molar-refractivity contribution in [1.29, 1.82) is 0 Å². The third kappa shape index (κ3) is 5.17. The standard InChI is InChI=1S/C17H20FNO3S/c1-5-13(18)8-7-12(3)15-10-9-14(23(4,21)22)11-16(15)17(20)19-6-2/h5,7-11H,3,6H2,1-2,4H3,(H,19,20)/b8-7-,13-5+. The summed E-state index contributed by atoms with van der Waals surface area (Å²) in [7, 11) is -3.44. The van der Waals surface area contributed by atoms with Crippen LogP contribution in [-0.2, 0) is 9.84 Å². The lowest BCUT2D eigenvalue weighted by atomic mass is 9.99. The van der Waals surface area contributed by atoms with E-state index in [1.54, 1.807) is 13.8 Å². The van der Waals surface area contributed by atoms with Crippen molar-refractivity contribution in [1.82, 2.24) is 5.32 Å². The van der Waals surface area contributed by atoms with Crippen molar-refractivity contribution in [3.8, 4) is 0 Å². The van der Waals surface area contributed by atoms with Crippen LogP contribution in [0.15, 0.2) is 53.7 Å². The Bertz CT molecular complexity index is 777. The fourth-order valence-corrected chi connectivity index (χ4v) is 2.49. The Labute approximate surface area is 136 Å². The summed E-state index contributed by atoms with van der Waals surface area (Å²) in [5.41, 5.74) is 1.04. The molecule has 0 saturated carbocycles. The van der Waals surface area contributed by atoms with Crippen LogP contribution in [0, 0.1) is 0 Å². The molecule has 0 fully saturated rings. The van der Waals surface area contributed by atoms with Crippen LogP contribution in [-0.4, -0.2) is 27.1 Å². The average molecular weight is 337 g/mol. The lowest BCUT2D eigenvalue weighted by molar-refractivity contribution is 0.0955. The van der Waals surface area contributed by atoms with Crippen LogP contribution >= 0.6 is 0 Å². The molecule has 0 atom stereocenters. The summed E-state index contributed by atoms with van der Waals surface area (Å²) < 4.78 is 36.5. The zero-order chi connectivity index (χ0) is 17.6. The van der Waals surface area contributed by atoms with Gasteiger partial charge in [-0.05, 0) is 43.2 Å². The molecule has 0 aromatic heterocycles. The van der Waals surface area contributed by atoms with Gasteiger partial charge in [0.05, 0.1) is 4.90 Å². The summed E-state index contributed by atoms with van der Waals surface area (Å²) in [6.45, 7) is 7.53. The Morgan fingerprint density at radius 2 is 1.96 bits per heavy atom. The van der Waals surface area contributed by atoms with Gasteiger partial charge in [0.25, 0.3) is 5.91 Å². The van der Waals surface area contributed by atoms with Gasteiger partial charge in [0.15, 0.2) is 9.84 Å². The molecule has 23 heavy (non-hydrogen) atoms. The lowest BCUT2D eigenvalue weighted by Crippen LogP contribution is -2.24. The van der Waals surface area contributed by atoms with Crippen molar-refractivity contribution in [3.05, 3.63) is 60.0 Å². The summed E-state index contributed by atoms with van der Waals surface area (Å²) in [5.74, 6) is -0.840. The van der Waals surface area contributed by atoms with E-state index in [1.165, 1.54) is 36.4 Å². The average Bonchev–Trinajstić information content (AvgIpc) is 2.50. The zero-order valence-electron chi connectivity index (χ0n) is 13.4. The molecule has 1 rings (SSSR count). The predicted molar refractivity (Wildman–Crippen MR) is 90.6 cm³/mol. The maximum atomic E-state index is 13.2. The third-order valence-corrected chi connectivity index (χ3v) is 4.18. The van der Waals surface area contributed by atoms with Crippen LogP contribution in [0.2, 0.25) is 0 Å². The van der Waals surface area contributed by atoms with Crippen molar-refractivity contribution in [2.24, 2.45) is 0 Å².